The smallest absolute Gasteiger partial charge is 0.00911 e. The Bertz CT molecular complexity index is 423. The van der Waals surface area contributed by atoms with Gasteiger partial charge in [0, 0.05) is 0 Å². The van der Waals surface area contributed by atoms with Crippen molar-refractivity contribution >= 4 is 0 Å². The van der Waals surface area contributed by atoms with Crippen LogP contribution in [0, 0.1) is 23.2 Å². The quantitative estimate of drug-likeness (QED) is 0.554. The lowest BCUT2D eigenvalue weighted by atomic mass is 9.74. The van der Waals surface area contributed by atoms with Gasteiger partial charge < -0.3 is 0 Å². The zero-order chi connectivity index (χ0) is 14.3. The van der Waals surface area contributed by atoms with Crippen molar-refractivity contribution in [1.82, 2.24) is 0 Å². The molecule has 0 heterocycles. The van der Waals surface area contributed by atoms with E-state index in [-0.39, 0.29) is 0 Å². The molecule has 20 heavy (non-hydrogen) atoms. The van der Waals surface area contributed by atoms with Gasteiger partial charge in [-0.3, -0.25) is 0 Å². The van der Waals surface area contributed by atoms with Gasteiger partial charge in [0.15, 0.2) is 0 Å². The number of rotatable bonds is 2. The van der Waals surface area contributed by atoms with Gasteiger partial charge >= 0.3 is 0 Å². The predicted molar refractivity (Wildman–Crippen MR) is 87.6 cm³/mol. The van der Waals surface area contributed by atoms with Gasteiger partial charge in [-0.1, -0.05) is 64.2 Å². The Morgan fingerprint density at radius 1 is 1.10 bits per heavy atom. The van der Waals surface area contributed by atoms with Crippen molar-refractivity contribution in [3.63, 3.8) is 0 Å². The summed E-state index contributed by atoms with van der Waals surface area (Å²) in [6, 6.07) is 0. The van der Waals surface area contributed by atoms with E-state index in [2.05, 4.69) is 33.8 Å². The van der Waals surface area contributed by atoms with Crippen LogP contribution in [0.2, 0.25) is 0 Å². The number of hydrogen-bond donors (Lipinski definition) is 0. The second-order valence-electron chi connectivity index (χ2n) is 8.42. The highest BCUT2D eigenvalue weighted by Gasteiger charge is 2.40. The van der Waals surface area contributed by atoms with Crippen LogP contribution in [0.1, 0.15) is 79.1 Å². The summed E-state index contributed by atoms with van der Waals surface area (Å²) in [4.78, 5) is 0. The Morgan fingerprint density at radius 3 is 2.40 bits per heavy atom. The van der Waals surface area contributed by atoms with Gasteiger partial charge in [0.2, 0.25) is 0 Å². The molecule has 0 amide bonds. The van der Waals surface area contributed by atoms with Crippen LogP contribution >= 0.6 is 0 Å². The molecule has 1 fully saturated rings. The Labute approximate surface area is 125 Å². The fourth-order valence-corrected chi connectivity index (χ4v) is 4.82. The lowest BCUT2D eigenvalue weighted by Gasteiger charge is -2.31. The molecule has 3 rings (SSSR count). The number of hydrogen-bond acceptors (Lipinski definition) is 0. The largest absolute Gasteiger partial charge is 0.0648 e. The van der Waals surface area contributed by atoms with E-state index in [0.717, 1.165) is 17.8 Å². The van der Waals surface area contributed by atoms with Gasteiger partial charge in [-0.25, -0.2) is 0 Å². The predicted octanol–water partition coefficient (Wildman–Crippen LogP) is 6.29. The van der Waals surface area contributed by atoms with E-state index in [1.165, 1.54) is 51.4 Å². The van der Waals surface area contributed by atoms with Crippen LogP contribution in [0.4, 0.5) is 0 Å². The van der Waals surface area contributed by atoms with Crippen molar-refractivity contribution < 1.29 is 0 Å². The lowest BCUT2D eigenvalue weighted by molar-refractivity contribution is 0.259. The summed E-state index contributed by atoms with van der Waals surface area (Å²) in [5.41, 5.74) is 5.70. The zero-order valence-electron chi connectivity index (χ0n) is 14.0. The Kier molecular flexibility index (Phi) is 3.86. The topological polar surface area (TPSA) is 0 Å². The minimum absolute atomic E-state index is 0.361. The Balaban J connectivity index is 1.81. The zero-order valence-corrected chi connectivity index (χ0v) is 14.0. The molecule has 112 valence electrons. The summed E-state index contributed by atoms with van der Waals surface area (Å²) < 4.78 is 0. The SMILES string of the molecule is CCC1CC(C2CCCCC2)C2=C1C=C(C(C)(C)C)C2. The molecule has 2 atom stereocenters. The summed E-state index contributed by atoms with van der Waals surface area (Å²) in [6.45, 7) is 9.55. The molecule has 0 bridgehead atoms. The first kappa shape index (κ1) is 14.4. The third kappa shape index (κ3) is 2.51. The highest BCUT2D eigenvalue weighted by atomic mass is 14.4. The van der Waals surface area contributed by atoms with Gasteiger partial charge in [0.05, 0.1) is 0 Å². The third-order valence-electron chi connectivity index (χ3n) is 6.18. The van der Waals surface area contributed by atoms with Gasteiger partial charge in [-0.2, -0.15) is 0 Å². The molecule has 0 aromatic rings. The maximum Gasteiger partial charge on any atom is -0.00911 e. The minimum Gasteiger partial charge on any atom is -0.0648 e. The van der Waals surface area contributed by atoms with Crippen molar-refractivity contribution in [3.8, 4) is 0 Å². The van der Waals surface area contributed by atoms with Crippen molar-refractivity contribution in [2.24, 2.45) is 23.2 Å². The second kappa shape index (κ2) is 5.35. The third-order valence-corrected chi connectivity index (χ3v) is 6.18. The van der Waals surface area contributed by atoms with Crippen LogP contribution in [-0.4, -0.2) is 0 Å². The molecule has 0 aliphatic heterocycles. The van der Waals surface area contributed by atoms with E-state index in [9.17, 15) is 0 Å². The summed E-state index contributed by atoms with van der Waals surface area (Å²) in [5.74, 6) is 2.82. The van der Waals surface area contributed by atoms with Crippen molar-refractivity contribution in [2.75, 3.05) is 0 Å². The summed E-state index contributed by atoms with van der Waals surface area (Å²) in [5, 5.41) is 0. The lowest BCUT2D eigenvalue weighted by Crippen LogP contribution is -2.19. The first-order valence-corrected chi connectivity index (χ1v) is 8.94. The van der Waals surface area contributed by atoms with Crippen LogP contribution in [0.25, 0.3) is 0 Å². The van der Waals surface area contributed by atoms with E-state index in [1.54, 1.807) is 11.1 Å². The van der Waals surface area contributed by atoms with E-state index < -0.39 is 0 Å². The fraction of sp³-hybridized carbons (Fsp3) is 0.800. The summed E-state index contributed by atoms with van der Waals surface area (Å²) >= 11 is 0. The van der Waals surface area contributed by atoms with Crippen molar-refractivity contribution in [2.45, 2.75) is 79.1 Å². The molecule has 0 radical (unpaired) electrons. The van der Waals surface area contributed by atoms with Crippen LogP contribution in [0.15, 0.2) is 22.8 Å². The van der Waals surface area contributed by atoms with E-state index >= 15 is 0 Å². The Morgan fingerprint density at radius 2 is 1.80 bits per heavy atom. The molecule has 0 heteroatoms. The van der Waals surface area contributed by atoms with Crippen LogP contribution in [0.5, 0.6) is 0 Å². The van der Waals surface area contributed by atoms with Crippen LogP contribution in [-0.2, 0) is 0 Å². The standard InChI is InChI=1S/C20H32/c1-5-14-11-17(15-9-7-6-8-10-15)19-13-16(12-18(14)19)20(2,3)4/h12,14-15,17H,5-11,13H2,1-4H3. The average Bonchev–Trinajstić information content (AvgIpc) is 2.97. The maximum atomic E-state index is 2.60. The summed E-state index contributed by atoms with van der Waals surface area (Å²) in [6.07, 6.45) is 14.2. The molecular formula is C20H32. The van der Waals surface area contributed by atoms with Gasteiger partial charge in [0.25, 0.3) is 0 Å². The highest BCUT2D eigenvalue weighted by molar-refractivity contribution is 5.47. The molecule has 0 N–H and O–H groups in total. The van der Waals surface area contributed by atoms with Gasteiger partial charge in [-0.15, -0.1) is 0 Å². The monoisotopic (exact) mass is 272 g/mol. The molecular weight excluding hydrogens is 240 g/mol. The van der Waals surface area contributed by atoms with Crippen molar-refractivity contribution in [3.05, 3.63) is 22.8 Å². The van der Waals surface area contributed by atoms with Crippen molar-refractivity contribution in [1.29, 1.82) is 0 Å². The molecule has 1 saturated carbocycles. The van der Waals surface area contributed by atoms with E-state index in [0.29, 0.717) is 5.41 Å². The normalized spacial score (nSPS) is 31.7. The molecule has 0 saturated heterocycles. The first-order valence-electron chi connectivity index (χ1n) is 8.94. The first-order chi connectivity index (χ1) is 9.50. The molecule has 3 aliphatic rings. The summed E-state index contributed by atoms with van der Waals surface area (Å²) in [7, 11) is 0. The van der Waals surface area contributed by atoms with E-state index in [1.807, 2.05) is 5.57 Å². The van der Waals surface area contributed by atoms with Crippen LogP contribution < -0.4 is 0 Å². The molecule has 0 aromatic heterocycles. The van der Waals surface area contributed by atoms with E-state index in [4.69, 9.17) is 0 Å². The number of allylic oxidation sites excluding steroid dienone is 4. The maximum absolute atomic E-state index is 2.60. The van der Waals surface area contributed by atoms with Gasteiger partial charge in [0.1, 0.15) is 0 Å². The highest BCUT2D eigenvalue weighted by Crippen LogP contribution is 2.53. The molecule has 2 unspecified atom stereocenters. The van der Waals surface area contributed by atoms with Gasteiger partial charge in [-0.05, 0) is 60.8 Å². The molecule has 0 nitrogen and oxygen atoms in total. The fourth-order valence-electron chi connectivity index (χ4n) is 4.82. The Hall–Kier alpha value is -0.520. The van der Waals surface area contributed by atoms with Crippen LogP contribution in [0.3, 0.4) is 0 Å². The molecule has 3 aliphatic carbocycles. The average molecular weight is 272 g/mol. The minimum atomic E-state index is 0.361. The molecule has 0 spiro atoms. The second-order valence-corrected chi connectivity index (χ2v) is 8.42. The molecule has 0 aromatic carbocycles.